The van der Waals surface area contributed by atoms with E-state index >= 15 is 0 Å². The van der Waals surface area contributed by atoms with Gasteiger partial charge < -0.3 is 4.74 Å². The van der Waals surface area contributed by atoms with E-state index in [1.807, 2.05) is 14.0 Å². The second kappa shape index (κ2) is 4.63. The Labute approximate surface area is 83.6 Å². The Morgan fingerprint density at radius 3 is 2.69 bits per heavy atom. The van der Waals surface area contributed by atoms with E-state index in [0.717, 1.165) is 24.3 Å². The lowest BCUT2D eigenvalue weighted by atomic mass is 10.3. The van der Waals surface area contributed by atoms with E-state index in [2.05, 4.69) is 12.0 Å². The largest absolute Gasteiger partial charge is 0.377 e. The summed E-state index contributed by atoms with van der Waals surface area (Å²) in [5.74, 6) is 0. The van der Waals surface area contributed by atoms with Gasteiger partial charge in [-0.25, -0.2) is 0 Å². The highest BCUT2D eigenvalue weighted by Crippen LogP contribution is 2.19. The van der Waals surface area contributed by atoms with E-state index in [-0.39, 0.29) is 0 Å². The quantitative estimate of drug-likeness (QED) is 0.701. The summed E-state index contributed by atoms with van der Waals surface area (Å²) in [5.41, 5.74) is 1.95. The number of aromatic nitrogens is 2. The molecule has 0 saturated heterocycles. The third kappa shape index (κ3) is 2.45. The SMILES string of the molecule is CCCOCc1c(C)nn(C)c1Cl. The third-order valence-corrected chi connectivity index (χ3v) is 2.34. The molecule has 1 aromatic heterocycles. The van der Waals surface area contributed by atoms with Crippen LogP contribution in [0, 0.1) is 6.92 Å². The Morgan fingerprint density at radius 1 is 1.54 bits per heavy atom. The minimum atomic E-state index is 0.562. The van der Waals surface area contributed by atoms with Crippen molar-refractivity contribution in [2.24, 2.45) is 7.05 Å². The van der Waals surface area contributed by atoms with Crippen LogP contribution in [0.15, 0.2) is 0 Å². The topological polar surface area (TPSA) is 27.1 Å². The molecule has 1 rings (SSSR count). The molecule has 0 atom stereocenters. The summed E-state index contributed by atoms with van der Waals surface area (Å²) in [6, 6.07) is 0. The Kier molecular flexibility index (Phi) is 3.75. The molecule has 74 valence electrons. The second-order valence-corrected chi connectivity index (χ2v) is 3.39. The van der Waals surface area contributed by atoms with Gasteiger partial charge in [-0.1, -0.05) is 18.5 Å². The highest BCUT2D eigenvalue weighted by Gasteiger charge is 2.10. The van der Waals surface area contributed by atoms with Crippen LogP contribution in [0.4, 0.5) is 0 Å². The molecular formula is C9H15ClN2O. The van der Waals surface area contributed by atoms with Gasteiger partial charge in [-0.05, 0) is 13.3 Å². The molecule has 0 amide bonds. The highest BCUT2D eigenvalue weighted by molar-refractivity contribution is 6.30. The minimum absolute atomic E-state index is 0.562. The summed E-state index contributed by atoms with van der Waals surface area (Å²) in [4.78, 5) is 0. The van der Waals surface area contributed by atoms with Gasteiger partial charge in [0.2, 0.25) is 0 Å². The smallest absolute Gasteiger partial charge is 0.132 e. The maximum absolute atomic E-state index is 6.01. The zero-order valence-electron chi connectivity index (χ0n) is 8.30. The summed E-state index contributed by atoms with van der Waals surface area (Å²) < 4.78 is 7.07. The molecule has 0 aromatic carbocycles. The van der Waals surface area contributed by atoms with Gasteiger partial charge in [-0.2, -0.15) is 5.10 Å². The van der Waals surface area contributed by atoms with Crippen molar-refractivity contribution in [3.8, 4) is 0 Å². The van der Waals surface area contributed by atoms with Crippen molar-refractivity contribution >= 4 is 11.6 Å². The Hall–Kier alpha value is -0.540. The lowest BCUT2D eigenvalue weighted by Gasteiger charge is -2.01. The van der Waals surface area contributed by atoms with Crippen LogP contribution in [-0.2, 0) is 18.4 Å². The maximum atomic E-state index is 6.01. The van der Waals surface area contributed by atoms with Crippen molar-refractivity contribution < 1.29 is 4.74 Å². The first-order chi connectivity index (χ1) is 6.16. The first-order valence-corrected chi connectivity index (χ1v) is 4.80. The van der Waals surface area contributed by atoms with Crippen LogP contribution < -0.4 is 0 Å². The van der Waals surface area contributed by atoms with Gasteiger partial charge >= 0.3 is 0 Å². The van der Waals surface area contributed by atoms with Crippen LogP contribution in [0.3, 0.4) is 0 Å². The molecular weight excluding hydrogens is 188 g/mol. The number of nitrogens with zero attached hydrogens (tertiary/aromatic N) is 2. The summed E-state index contributed by atoms with van der Waals surface area (Å²) >= 11 is 6.01. The molecule has 1 heterocycles. The van der Waals surface area contributed by atoms with Gasteiger partial charge in [0.15, 0.2) is 0 Å². The number of aryl methyl sites for hydroxylation is 2. The molecule has 13 heavy (non-hydrogen) atoms. The fraction of sp³-hybridized carbons (Fsp3) is 0.667. The molecule has 0 fully saturated rings. The van der Waals surface area contributed by atoms with Crippen LogP contribution >= 0.6 is 11.6 Å². The van der Waals surface area contributed by atoms with Crippen molar-refractivity contribution in [2.75, 3.05) is 6.61 Å². The molecule has 0 N–H and O–H groups in total. The minimum Gasteiger partial charge on any atom is -0.377 e. The monoisotopic (exact) mass is 202 g/mol. The summed E-state index contributed by atoms with van der Waals surface area (Å²) in [6.45, 7) is 5.35. The summed E-state index contributed by atoms with van der Waals surface area (Å²) in [5, 5.41) is 4.87. The van der Waals surface area contributed by atoms with E-state index in [4.69, 9.17) is 16.3 Å². The fourth-order valence-corrected chi connectivity index (χ4v) is 1.39. The van der Waals surface area contributed by atoms with Crippen LogP contribution in [0.5, 0.6) is 0 Å². The van der Waals surface area contributed by atoms with Gasteiger partial charge in [0, 0.05) is 19.2 Å². The number of halogens is 1. The first-order valence-electron chi connectivity index (χ1n) is 4.42. The normalized spacial score (nSPS) is 10.8. The summed E-state index contributed by atoms with van der Waals surface area (Å²) in [6.07, 6.45) is 1.02. The molecule has 4 heteroatoms. The Morgan fingerprint density at radius 2 is 2.23 bits per heavy atom. The van der Waals surface area contributed by atoms with Crippen LogP contribution in [-0.4, -0.2) is 16.4 Å². The molecule has 0 aliphatic rings. The van der Waals surface area contributed by atoms with Gasteiger partial charge in [0.1, 0.15) is 5.15 Å². The lowest BCUT2D eigenvalue weighted by Crippen LogP contribution is -1.95. The molecule has 1 aromatic rings. The lowest BCUT2D eigenvalue weighted by molar-refractivity contribution is 0.121. The number of rotatable bonds is 4. The Balaban J connectivity index is 2.64. The molecule has 0 spiro atoms. The average Bonchev–Trinajstić information content (AvgIpc) is 2.32. The molecule has 0 radical (unpaired) electrons. The van der Waals surface area contributed by atoms with Crippen LogP contribution in [0.25, 0.3) is 0 Å². The zero-order valence-corrected chi connectivity index (χ0v) is 9.06. The van der Waals surface area contributed by atoms with Crippen molar-refractivity contribution in [1.82, 2.24) is 9.78 Å². The first kappa shape index (κ1) is 10.5. The van der Waals surface area contributed by atoms with Crippen LogP contribution in [0.1, 0.15) is 24.6 Å². The van der Waals surface area contributed by atoms with E-state index in [9.17, 15) is 0 Å². The van der Waals surface area contributed by atoms with Crippen LogP contribution in [0.2, 0.25) is 5.15 Å². The molecule has 0 bridgehead atoms. The van der Waals surface area contributed by atoms with E-state index in [1.54, 1.807) is 4.68 Å². The fourth-order valence-electron chi connectivity index (χ4n) is 1.16. The molecule has 0 unspecified atom stereocenters. The number of hydrogen-bond donors (Lipinski definition) is 0. The standard InChI is InChI=1S/C9H15ClN2O/c1-4-5-13-6-8-7(2)11-12(3)9(8)10/h4-6H2,1-3H3. The van der Waals surface area contributed by atoms with Gasteiger partial charge in [0.25, 0.3) is 0 Å². The van der Waals surface area contributed by atoms with Gasteiger partial charge in [-0.3, -0.25) is 4.68 Å². The molecule has 0 saturated carbocycles. The predicted molar refractivity (Wildman–Crippen MR) is 52.9 cm³/mol. The van der Waals surface area contributed by atoms with E-state index in [0.29, 0.717) is 11.8 Å². The van der Waals surface area contributed by atoms with E-state index < -0.39 is 0 Å². The van der Waals surface area contributed by atoms with E-state index in [1.165, 1.54) is 0 Å². The van der Waals surface area contributed by atoms with Crippen molar-refractivity contribution in [2.45, 2.75) is 26.9 Å². The Bertz CT molecular complexity index is 283. The maximum Gasteiger partial charge on any atom is 0.132 e. The van der Waals surface area contributed by atoms with Gasteiger partial charge in [-0.15, -0.1) is 0 Å². The third-order valence-electron chi connectivity index (χ3n) is 1.86. The summed E-state index contributed by atoms with van der Waals surface area (Å²) in [7, 11) is 1.83. The molecule has 0 aliphatic heterocycles. The van der Waals surface area contributed by atoms with Crippen molar-refractivity contribution in [3.05, 3.63) is 16.4 Å². The number of ether oxygens (including phenoxy) is 1. The molecule has 3 nitrogen and oxygen atoms in total. The van der Waals surface area contributed by atoms with Crippen molar-refractivity contribution in [1.29, 1.82) is 0 Å². The van der Waals surface area contributed by atoms with Crippen molar-refractivity contribution in [3.63, 3.8) is 0 Å². The molecule has 0 aliphatic carbocycles. The highest BCUT2D eigenvalue weighted by atomic mass is 35.5. The predicted octanol–water partition coefficient (Wildman–Crippen LogP) is 2.31. The van der Waals surface area contributed by atoms with Gasteiger partial charge in [0.05, 0.1) is 12.3 Å². The second-order valence-electron chi connectivity index (χ2n) is 3.03. The number of hydrogen-bond acceptors (Lipinski definition) is 2. The average molecular weight is 203 g/mol. The zero-order chi connectivity index (χ0) is 9.84.